The Labute approximate surface area is 426 Å². The van der Waals surface area contributed by atoms with Crippen LogP contribution in [-0.4, -0.2) is 37.2 Å². The maximum Gasteiger partial charge on any atom is 0.306 e. The van der Waals surface area contributed by atoms with Crippen LogP contribution in [0.3, 0.4) is 0 Å². The molecular formula is C63H108O6. The maximum atomic E-state index is 12.9. The van der Waals surface area contributed by atoms with E-state index in [1.807, 2.05) is 0 Å². The zero-order valence-electron chi connectivity index (χ0n) is 45.3. The largest absolute Gasteiger partial charge is 0.462 e. The number of ether oxygens (including phenoxy) is 3. The van der Waals surface area contributed by atoms with Crippen molar-refractivity contribution in [1.29, 1.82) is 0 Å². The van der Waals surface area contributed by atoms with Crippen LogP contribution in [0.2, 0.25) is 0 Å². The van der Waals surface area contributed by atoms with Crippen LogP contribution >= 0.6 is 0 Å². The minimum Gasteiger partial charge on any atom is -0.462 e. The van der Waals surface area contributed by atoms with Crippen LogP contribution in [0.4, 0.5) is 0 Å². The molecule has 0 aromatic rings. The van der Waals surface area contributed by atoms with Gasteiger partial charge in [0.15, 0.2) is 6.10 Å². The predicted molar refractivity (Wildman–Crippen MR) is 297 cm³/mol. The van der Waals surface area contributed by atoms with Gasteiger partial charge in [0.1, 0.15) is 13.2 Å². The first-order valence-electron chi connectivity index (χ1n) is 29.1. The van der Waals surface area contributed by atoms with E-state index in [2.05, 4.69) is 106 Å². The van der Waals surface area contributed by atoms with Crippen LogP contribution in [-0.2, 0) is 28.6 Å². The molecule has 0 bridgehead atoms. The number of hydrogen-bond donors (Lipinski definition) is 0. The van der Waals surface area contributed by atoms with Crippen molar-refractivity contribution in [2.75, 3.05) is 13.2 Å². The van der Waals surface area contributed by atoms with Gasteiger partial charge in [-0.1, -0.05) is 254 Å². The highest BCUT2D eigenvalue weighted by Crippen LogP contribution is 2.16. The summed E-state index contributed by atoms with van der Waals surface area (Å²) in [6, 6.07) is 0. The molecule has 396 valence electrons. The first-order valence-corrected chi connectivity index (χ1v) is 29.1. The minimum atomic E-state index is -0.793. The van der Waals surface area contributed by atoms with E-state index >= 15 is 0 Å². The molecule has 6 heteroatoms. The smallest absolute Gasteiger partial charge is 0.306 e. The Bertz CT molecular complexity index is 1330. The summed E-state index contributed by atoms with van der Waals surface area (Å²) in [5.41, 5.74) is 0. The highest BCUT2D eigenvalue weighted by Gasteiger charge is 2.19. The van der Waals surface area contributed by atoms with Gasteiger partial charge in [-0.2, -0.15) is 0 Å². The van der Waals surface area contributed by atoms with E-state index in [-0.39, 0.29) is 31.1 Å². The molecule has 0 aliphatic carbocycles. The maximum absolute atomic E-state index is 12.9. The average Bonchev–Trinajstić information content (AvgIpc) is 3.35. The molecule has 0 heterocycles. The molecule has 0 spiro atoms. The van der Waals surface area contributed by atoms with E-state index in [1.54, 1.807) is 0 Å². The highest BCUT2D eigenvalue weighted by atomic mass is 16.6. The van der Waals surface area contributed by atoms with Crippen molar-refractivity contribution in [2.24, 2.45) is 0 Å². The standard InChI is InChI=1S/C63H108O6/c1-4-7-10-13-16-19-22-25-28-30-31-33-36-39-42-45-48-51-54-57-63(66)69-60(58-67-61(64)55-52-49-46-43-40-37-34-27-24-21-18-15-12-9-6-3)59-68-62(65)56-53-50-47-44-41-38-35-32-29-26-23-20-17-14-11-8-5-2/h8-9,11-12,17-18,20-21,26-27,29,34-35,38,60H,4-7,10,13-16,19,22-25,28,30-33,36-37,39-59H2,1-3H3/b11-8-,12-9-,20-17-,21-18-,29-26-,34-27-,38-35-/t60-/m0/s1. The van der Waals surface area contributed by atoms with Gasteiger partial charge in [0.05, 0.1) is 0 Å². The third-order valence-corrected chi connectivity index (χ3v) is 12.4. The molecule has 0 unspecified atom stereocenters. The lowest BCUT2D eigenvalue weighted by molar-refractivity contribution is -0.167. The van der Waals surface area contributed by atoms with Crippen LogP contribution < -0.4 is 0 Å². The Kier molecular flexibility index (Phi) is 54.3. The van der Waals surface area contributed by atoms with Gasteiger partial charge in [0, 0.05) is 19.3 Å². The van der Waals surface area contributed by atoms with E-state index in [0.29, 0.717) is 19.3 Å². The molecule has 0 aromatic carbocycles. The molecule has 0 amide bonds. The summed E-state index contributed by atoms with van der Waals surface area (Å²) in [4.78, 5) is 38.2. The first-order chi connectivity index (χ1) is 34.0. The Morgan fingerprint density at radius 1 is 0.304 bits per heavy atom. The number of unbranched alkanes of at least 4 members (excludes halogenated alkanes) is 27. The summed E-state index contributed by atoms with van der Waals surface area (Å²) >= 11 is 0. The lowest BCUT2D eigenvalue weighted by Crippen LogP contribution is -2.30. The number of esters is 3. The van der Waals surface area contributed by atoms with Crippen LogP contribution in [0.1, 0.15) is 278 Å². The van der Waals surface area contributed by atoms with Crippen molar-refractivity contribution in [3.63, 3.8) is 0 Å². The molecule has 0 saturated heterocycles. The SMILES string of the molecule is CC/C=C\C/C=C\C/C=C\C/C=C\CCCCCCC(=O)OC[C@H](COC(=O)CCCCCCC/C=C\C/C=C\C/C=C\CC)OC(=O)CCCCCCCCCCCCCCCCCCCCC. The van der Waals surface area contributed by atoms with Gasteiger partial charge in [0.25, 0.3) is 0 Å². The fraction of sp³-hybridized carbons (Fsp3) is 0.730. The van der Waals surface area contributed by atoms with Crippen LogP contribution in [0.25, 0.3) is 0 Å². The summed E-state index contributed by atoms with van der Waals surface area (Å²) in [7, 11) is 0. The van der Waals surface area contributed by atoms with Gasteiger partial charge in [-0.25, -0.2) is 0 Å². The zero-order valence-corrected chi connectivity index (χ0v) is 45.3. The Balaban J connectivity index is 4.42. The highest BCUT2D eigenvalue weighted by molar-refractivity contribution is 5.71. The number of carbonyl (C=O) groups is 3. The van der Waals surface area contributed by atoms with Gasteiger partial charge in [-0.05, 0) is 89.9 Å². The van der Waals surface area contributed by atoms with E-state index in [0.717, 1.165) is 135 Å². The van der Waals surface area contributed by atoms with Crippen LogP contribution in [0.15, 0.2) is 85.1 Å². The molecule has 1 atom stereocenters. The molecule has 69 heavy (non-hydrogen) atoms. The molecule has 0 aliphatic rings. The Morgan fingerprint density at radius 3 is 0.884 bits per heavy atom. The molecule has 0 N–H and O–H groups in total. The van der Waals surface area contributed by atoms with E-state index < -0.39 is 6.10 Å². The number of carbonyl (C=O) groups excluding carboxylic acids is 3. The number of rotatable bonds is 52. The Morgan fingerprint density at radius 2 is 0.565 bits per heavy atom. The fourth-order valence-corrected chi connectivity index (χ4v) is 8.10. The molecule has 0 fully saturated rings. The van der Waals surface area contributed by atoms with E-state index in [4.69, 9.17) is 14.2 Å². The molecule has 0 aromatic heterocycles. The lowest BCUT2D eigenvalue weighted by atomic mass is 10.0. The summed E-state index contributed by atoms with van der Waals surface area (Å²) in [6.45, 7) is 6.40. The van der Waals surface area contributed by atoms with Gasteiger partial charge in [0.2, 0.25) is 0 Å². The van der Waals surface area contributed by atoms with Crippen molar-refractivity contribution < 1.29 is 28.6 Å². The second kappa shape index (κ2) is 57.2. The molecular weight excluding hydrogens is 853 g/mol. The fourth-order valence-electron chi connectivity index (χ4n) is 8.10. The van der Waals surface area contributed by atoms with E-state index in [1.165, 1.54) is 103 Å². The summed E-state index contributed by atoms with van der Waals surface area (Å²) in [5, 5.41) is 0. The lowest BCUT2D eigenvalue weighted by Gasteiger charge is -2.18. The van der Waals surface area contributed by atoms with Gasteiger partial charge in [-0.3, -0.25) is 14.4 Å². The van der Waals surface area contributed by atoms with Crippen molar-refractivity contribution in [1.82, 2.24) is 0 Å². The van der Waals surface area contributed by atoms with Crippen molar-refractivity contribution in [3.05, 3.63) is 85.1 Å². The van der Waals surface area contributed by atoms with Gasteiger partial charge >= 0.3 is 17.9 Å². The normalized spacial score (nSPS) is 12.7. The summed E-state index contributed by atoms with van der Waals surface area (Å²) in [5.74, 6) is -0.922. The van der Waals surface area contributed by atoms with Crippen molar-refractivity contribution >= 4 is 17.9 Å². The van der Waals surface area contributed by atoms with Crippen LogP contribution in [0.5, 0.6) is 0 Å². The van der Waals surface area contributed by atoms with Gasteiger partial charge in [-0.15, -0.1) is 0 Å². The topological polar surface area (TPSA) is 78.9 Å². The second-order valence-corrected chi connectivity index (χ2v) is 19.1. The predicted octanol–water partition coefficient (Wildman–Crippen LogP) is 19.5. The van der Waals surface area contributed by atoms with Gasteiger partial charge < -0.3 is 14.2 Å². The zero-order chi connectivity index (χ0) is 50.0. The monoisotopic (exact) mass is 961 g/mol. The number of allylic oxidation sites excluding steroid dienone is 14. The first kappa shape index (κ1) is 65.6. The molecule has 0 saturated carbocycles. The average molecular weight is 962 g/mol. The van der Waals surface area contributed by atoms with Crippen LogP contribution in [0, 0.1) is 0 Å². The minimum absolute atomic E-state index is 0.0920. The van der Waals surface area contributed by atoms with Crippen molar-refractivity contribution in [3.8, 4) is 0 Å². The quantitative estimate of drug-likeness (QED) is 0.0262. The molecule has 6 nitrogen and oxygen atoms in total. The Hall–Kier alpha value is -3.41. The summed E-state index contributed by atoms with van der Waals surface area (Å²) in [6.07, 6.45) is 74.3. The second-order valence-electron chi connectivity index (χ2n) is 19.1. The molecule has 0 radical (unpaired) electrons. The molecule has 0 aliphatic heterocycles. The van der Waals surface area contributed by atoms with Crippen molar-refractivity contribution in [2.45, 2.75) is 284 Å². The van der Waals surface area contributed by atoms with E-state index in [9.17, 15) is 14.4 Å². The third-order valence-electron chi connectivity index (χ3n) is 12.4. The molecule has 0 rings (SSSR count). The number of hydrogen-bond acceptors (Lipinski definition) is 6. The third kappa shape index (κ3) is 55.4. The summed E-state index contributed by atoms with van der Waals surface area (Å²) < 4.78 is 16.9.